The zero-order valence-corrected chi connectivity index (χ0v) is 11.1. The molecule has 19 heavy (non-hydrogen) atoms. The highest BCUT2D eigenvalue weighted by molar-refractivity contribution is 6.31. The van der Waals surface area contributed by atoms with Gasteiger partial charge in [-0.25, -0.2) is 0 Å². The van der Waals surface area contributed by atoms with E-state index in [1.54, 1.807) is 12.1 Å². The third-order valence-electron chi connectivity index (χ3n) is 4.15. The smallest absolute Gasteiger partial charge is 0.274 e. The molecule has 0 spiro atoms. The SMILES string of the molecule is NC1(Cc2c(Cl)cccc2[N+](=O)[O-])CC2CCC1O2. The van der Waals surface area contributed by atoms with Crippen LogP contribution in [0.15, 0.2) is 18.2 Å². The Morgan fingerprint density at radius 3 is 2.89 bits per heavy atom. The van der Waals surface area contributed by atoms with Crippen LogP contribution in [0.3, 0.4) is 0 Å². The van der Waals surface area contributed by atoms with E-state index < -0.39 is 10.5 Å². The Morgan fingerprint density at radius 2 is 2.32 bits per heavy atom. The van der Waals surface area contributed by atoms with Crippen LogP contribution in [-0.2, 0) is 11.2 Å². The number of ether oxygens (including phenoxy) is 1. The van der Waals surface area contributed by atoms with Crippen LogP contribution in [0.2, 0.25) is 5.02 Å². The third kappa shape index (κ3) is 2.12. The van der Waals surface area contributed by atoms with E-state index in [9.17, 15) is 10.1 Å². The van der Waals surface area contributed by atoms with Crippen molar-refractivity contribution in [2.24, 2.45) is 5.73 Å². The molecule has 2 N–H and O–H groups in total. The van der Waals surface area contributed by atoms with Crippen LogP contribution in [0.5, 0.6) is 0 Å². The molecule has 3 atom stereocenters. The summed E-state index contributed by atoms with van der Waals surface area (Å²) in [5, 5.41) is 11.5. The van der Waals surface area contributed by atoms with Gasteiger partial charge >= 0.3 is 0 Å². The van der Waals surface area contributed by atoms with Gasteiger partial charge in [-0.05, 0) is 25.3 Å². The Balaban J connectivity index is 1.93. The lowest BCUT2D eigenvalue weighted by atomic mass is 9.78. The minimum Gasteiger partial charge on any atom is -0.373 e. The Labute approximate surface area is 115 Å². The summed E-state index contributed by atoms with van der Waals surface area (Å²) in [6.45, 7) is 0. The first kappa shape index (κ1) is 12.8. The fourth-order valence-corrected chi connectivity index (χ4v) is 3.48. The van der Waals surface area contributed by atoms with Gasteiger partial charge in [-0.1, -0.05) is 17.7 Å². The Bertz CT molecular complexity index is 537. The second kappa shape index (κ2) is 4.44. The maximum Gasteiger partial charge on any atom is 0.274 e. The average molecular weight is 283 g/mol. The summed E-state index contributed by atoms with van der Waals surface area (Å²) in [7, 11) is 0. The number of rotatable bonds is 3. The number of nitro benzene ring substituents is 1. The lowest BCUT2D eigenvalue weighted by Crippen LogP contribution is -2.50. The molecule has 1 aromatic rings. The molecule has 0 amide bonds. The molecule has 102 valence electrons. The van der Waals surface area contributed by atoms with Gasteiger partial charge < -0.3 is 10.5 Å². The summed E-state index contributed by atoms with van der Waals surface area (Å²) in [5.74, 6) is 0. The molecule has 2 fully saturated rings. The number of nitro groups is 1. The van der Waals surface area contributed by atoms with E-state index >= 15 is 0 Å². The fraction of sp³-hybridized carbons (Fsp3) is 0.538. The molecule has 0 radical (unpaired) electrons. The van der Waals surface area contributed by atoms with Gasteiger partial charge in [0.2, 0.25) is 0 Å². The number of benzene rings is 1. The first-order valence-corrected chi connectivity index (χ1v) is 6.73. The van der Waals surface area contributed by atoms with Crippen LogP contribution >= 0.6 is 11.6 Å². The maximum atomic E-state index is 11.1. The maximum absolute atomic E-state index is 11.1. The number of nitrogens with two attached hydrogens (primary N) is 1. The molecule has 3 rings (SSSR count). The van der Waals surface area contributed by atoms with Crippen LogP contribution in [0.25, 0.3) is 0 Å². The van der Waals surface area contributed by atoms with Gasteiger partial charge in [0.25, 0.3) is 5.69 Å². The van der Waals surface area contributed by atoms with E-state index in [2.05, 4.69) is 0 Å². The van der Waals surface area contributed by atoms with Gasteiger partial charge in [-0.15, -0.1) is 0 Å². The van der Waals surface area contributed by atoms with Crippen molar-refractivity contribution < 1.29 is 9.66 Å². The molecular formula is C13H15ClN2O3. The monoisotopic (exact) mass is 282 g/mol. The zero-order chi connectivity index (χ0) is 13.6. The topological polar surface area (TPSA) is 78.4 Å². The van der Waals surface area contributed by atoms with Gasteiger partial charge in [0.05, 0.1) is 27.7 Å². The standard InChI is InChI=1S/C13H15ClN2O3/c14-10-2-1-3-11(16(17)18)9(10)7-13(15)6-8-4-5-12(13)19-8/h1-3,8,12H,4-7,15H2. The second-order valence-corrected chi connectivity index (χ2v) is 5.84. The van der Waals surface area contributed by atoms with Gasteiger partial charge in [0.1, 0.15) is 0 Å². The Kier molecular flexibility index (Phi) is 3.00. The predicted molar refractivity (Wildman–Crippen MR) is 71.2 cm³/mol. The first-order chi connectivity index (χ1) is 8.99. The largest absolute Gasteiger partial charge is 0.373 e. The van der Waals surface area contributed by atoms with E-state index in [1.807, 2.05) is 0 Å². The molecule has 0 saturated carbocycles. The lowest BCUT2D eigenvalue weighted by molar-refractivity contribution is -0.385. The Hall–Kier alpha value is -1.17. The van der Waals surface area contributed by atoms with E-state index in [4.69, 9.17) is 22.1 Å². The van der Waals surface area contributed by atoms with Crippen LogP contribution in [0.1, 0.15) is 24.8 Å². The summed E-state index contributed by atoms with van der Waals surface area (Å²) in [6.07, 6.45) is 3.31. The third-order valence-corrected chi connectivity index (χ3v) is 4.51. The molecule has 0 aromatic heterocycles. The summed E-state index contributed by atoms with van der Waals surface area (Å²) in [4.78, 5) is 10.7. The van der Waals surface area contributed by atoms with E-state index in [1.165, 1.54) is 6.07 Å². The Morgan fingerprint density at radius 1 is 1.53 bits per heavy atom. The van der Waals surface area contributed by atoms with Crippen molar-refractivity contribution in [2.45, 2.75) is 43.4 Å². The zero-order valence-electron chi connectivity index (χ0n) is 10.3. The summed E-state index contributed by atoms with van der Waals surface area (Å²) >= 11 is 6.12. The molecule has 5 nitrogen and oxygen atoms in total. The van der Waals surface area contributed by atoms with Crippen molar-refractivity contribution in [3.05, 3.63) is 38.9 Å². The van der Waals surface area contributed by atoms with Gasteiger partial charge in [-0.2, -0.15) is 0 Å². The van der Waals surface area contributed by atoms with Gasteiger partial charge in [-0.3, -0.25) is 10.1 Å². The molecule has 2 aliphatic heterocycles. The molecule has 1 aromatic carbocycles. The van der Waals surface area contributed by atoms with Crippen molar-refractivity contribution in [3.63, 3.8) is 0 Å². The highest BCUT2D eigenvalue weighted by atomic mass is 35.5. The number of hydrogen-bond donors (Lipinski definition) is 1. The fourth-order valence-electron chi connectivity index (χ4n) is 3.24. The molecule has 6 heteroatoms. The van der Waals surface area contributed by atoms with Crippen LogP contribution in [0, 0.1) is 10.1 Å². The highest BCUT2D eigenvalue weighted by Crippen LogP contribution is 2.43. The molecule has 2 saturated heterocycles. The minimum atomic E-state index is -0.529. The molecule has 2 heterocycles. The predicted octanol–water partition coefficient (Wildman–Crippen LogP) is 2.44. The number of halogens is 1. The summed E-state index contributed by atoms with van der Waals surface area (Å²) in [6, 6.07) is 4.73. The molecule has 2 bridgehead atoms. The van der Waals surface area contributed by atoms with Crippen molar-refractivity contribution >= 4 is 17.3 Å². The average Bonchev–Trinajstić information content (AvgIpc) is 2.91. The summed E-state index contributed by atoms with van der Waals surface area (Å²) < 4.78 is 5.76. The van der Waals surface area contributed by atoms with Gasteiger partial charge in [0, 0.05) is 18.0 Å². The molecule has 2 aliphatic rings. The number of hydrogen-bond acceptors (Lipinski definition) is 4. The van der Waals surface area contributed by atoms with E-state index in [-0.39, 0.29) is 17.9 Å². The molecule has 3 unspecified atom stereocenters. The summed E-state index contributed by atoms with van der Waals surface area (Å²) in [5.41, 5.74) is 6.44. The van der Waals surface area contributed by atoms with E-state index in [0.717, 1.165) is 19.3 Å². The molecular weight excluding hydrogens is 268 g/mol. The number of nitrogens with zero attached hydrogens (tertiary/aromatic N) is 1. The highest BCUT2D eigenvalue weighted by Gasteiger charge is 2.50. The quantitative estimate of drug-likeness (QED) is 0.682. The lowest BCUT2D eigenvalue weighted by Gasteiger charge is -2.31. The molecule has 0 aliphatic carbocycles. The van der Waals surface area contributed by atoms with Crippen LogP contribution in [-0.4, -0.2) is 22.7 Å². The minimum absolute atomic E-state index is 0.00613. The van der Waals surface area contributed by atoms with Crippen LogP contribution < -0.4 is 5.73 Å². The van der Waals surface area contributed by atoms with Crippen molar-refractivity contribution in [1.82, 2.24) is 0 Å². The normalized spacial score (nSPS) is 32.7. The van der Waals surface area contributed by atoms with E-state index in [0.29, 0.717) is 17.0 Å². The second-order valence-electron chi connectivity index (χ2n) is 5.43. The van der Waals surface area contributed by atoms with Crippen molar-refractivity contribution in [2.75, 3.05) is 0 Å². The van der Waals surface area contributed by atoms with Crippen LogP contribution in [0.4, 0.5) is 5.69 Å². The van der Waals surface area contributed by atoms with Crippen molar-refractivity contribution in [3.8, 4) is 0 Å². The van der Waals surface area contributed by atoms with Crippen molar-refractivity contribution in [1.29, 1.82) is 0 Å². The number of fused-ring (bicyclic) bond motifs is 2. The van der Waals surface area contributed by atoms with Gasteiger partial charge in [0.15, 0.2) is 0 Å². The first-order valence-electron chi connectivity index (χ1n) is 6.36.